The van der Waals surface area contributed by atoms with Crippen LogP contribution in [0.15, 0.2) is 0 Å². The highest BCUT2D eigenvalue weighted by Gasteiger charge is 2.64. The Morgan fingerprint density at radius 1 is 1.23 bits per heavy atom. The Morgan fingerprint density at radius 2 is 1.95 bits per heavy atom. The summed E-state index contributed by atoms with van der Waals surface area (Å²) in [7, 11) is 0. The number of alkyl carbamates (subject to hydrolysis) is 1. The summed E-state index contributed by atoms with van der Waals surface area (Å²) in [5, 5.41) is 16.7. The van der Waals surface area contributed by atoms with Gasteiger partial charge in [-0.2, -0.15) is 0 Å². The molecular weight excluding hydrogens is 288 g/mol. The fraction of sp³-hybridized carbons (Fsp3) is 0.867. The van der Waals surface area contributed by atoms with Crippen molar-refractivity contribution in [2.75, 3.05) is 13.2 Å². The highest BCUT2D eigenvalue weighted by molar-refractivity contribution is 5.87. The lowest BCUT2D eigenvalue weighted by Gasteiger charge is -2.39. The summed E-state index contributed by atoms with van der Waals surface area (Å²) >= 11 is 0. The molecule has 4 fully saturated rings. The number of fused-ring (bicyclic) bond motifs is 2. The molecule has 22 heavy (non-hydrogen) atoms. The van der Waals surface area contributed by atoms with E-state index in [4.69, 9.17) is 9.47 Å². The molecule has 2 amide bonds. The molecule has 0 aromatic carbocycles. The average Bonchev–Trinajstić information content (AvgIpc) is 3.24. The first-order valence-electron chi connectivity index (χ1n) is 8.11. The predicted molar refractivity (Wildman–Crippen MR) is 75.0 cm³/mol. The first-order chi connectivity index (χ1) is 10.5. The van der Waals surface area contributed by atoms with Crippen molar-refractivity contribution in [3.63, 3.8) is 0 Å². The van der Waals surface area contributed by atoms with E-state index >= 15 is 0 Å². The molecule has 3 N–H and O–H groups in total. The molecule has 4 aliphatic rings. The summed E-state index contributed by atoms with van der Waals surface area (Å²) < 4.78 is 10.6. The van der Waals surface area contributed by atoms with Crippen LogP contribution in [0.2, 0.25) is 0 Å². The van der Waals surface area contributed by atoms with Crippen LogP contribution < -0.4 is 10.6 Å². The Morgan fingerprint density at radius 3 is 2.64 bits per heavy atom. The zero-order valence-corrected chi connectivity index (χ0v) is 12.5. The first-order valence-corrected chi connectivity index (χ1v) is 8.11. The second kappa shape index (κ2) is 4.83. The second-order valence-corrected chi connectivity index (χ2v) is 7.06. The van der Waals surface area contributed by atoms with Gasteiger partial charge in [-0.05, 0) is 19.3 Å². The van der Waals surface area contributed by atoms with E-state index in [2.05, 4.69) is 10.6 Å². The molecule has 0 unspecified atom stereocenters. The molecule has 2 saturated carbocycles. The number of nitrogens with one attached hydrogen (secondary N) is 2. The van der Waals surface area contributed by atoms with Crippen LogP contribution in [0.5, 0.6) is 0 Å². The Hall–Kier alpha value is -1.34. The molecule has 2 heterocycles. The van der Waals surface area contributed by atoms with Gasteiger partial charge in [-0.1, -0.05) is 0 Å². The number of carbonyl (C=O) groups is 2. The van der Waals surface area contributed by atoms with Gasteiger partial charge in [0.05, 0.1) is 17.1 Å². The lowest BCUT2D eigenvalue weighted by molar-refractivity contribution is -0.150. The van der Waals surface area contributed by atoms with Crippen LogP contribution in [-0.4, -0.2) is 54.1 Å². The van der Waals surface area contributed by atoms with E-state index in [1.54, 1.807) is 0 Å². The summed E-state index contributed by atoms with van der Waals surface area (Å²) in [6, 6.07) is -0.0739. The highest BCUT2D eigenvalue weighted by atomic mass is 16.6. The van der Waals surface area contributed by atoms with Crippen molar-refractivity contribution in [1.82, 2.24) is 10.6 Å². The molecule has 2 saturated heterocycles. The van der Waals surface area contributed by atoms with E-state index in [0.29, 0.717) is 45.3 Å². The molecule has 0 spiro atoms. The normalized spacial score (nSPS) is 37.9. The van der Waals surface area contributed by atoms with Crippen molar-refractivity contribution < 1.29 is 24.2 Å². The van der Waals surface area contributed by atoms with Gasteiger partial charge in [0.25, 0.3) is 0 Å². The monoisotopic (exact) mass is 310 g/mol. The van der Waals surface area contributed by atoms with Crippen molar-refractivity contribution in [2.24, 2.45) is 5.41 Å². The third-order valence-corrected chi connectivity index (χ3v) is 5.80. The lowest BCUT2D eigenvalue weighted by Crippen LogP contribution is -2.54. The van der Waals surface area contributed by atoms with Crippen LogP contribution in [0.3, 0.4) is 0 Å². The molecule has 2 aliphatic heterocycles. The number of aliphatic hydroxyl groups is 1. The van der Waals surface area contributed by atoms with E-state index in [9.17, 15) is 14.7 Å². The predicted octanol–water partition coefficient (Wildman–Crippen LogP) is 0.0637. The number of hydrogen-bond acceptors (Lipinski definition) is 5. The van der Waals surface area contributed by atoms with Crippen molar-refractivity contribution in [2.45, 2.75) is 62.3 Å². The number of rotatable bonds is 3. The van der Waals surface area contributed by atoms with Crippen LogP contribution in [0.1, 0.15) is 38.5 Å². The van der Waals surface area contributed by atoms with E-state index in [1.807, 2.05) is 0 Å². The van der Waals surface area contributed by atoms with Gasteiger partial charge in [0, 0.05) is 38.5 Å². The van der Waals surface area contributed by atoms with Gasteiger partial charge in [-0.3, -0.25) is 4.79 Å². The molecule has 7 nitrogen and oxygen atoms in total. The van der Waals surface area contributed by atoms with Gasteiger partial charge >= 0.3 is 6.09 Å². The molecule has 0 aromatic rings. The molecule has 122 valence electrons. The molecule has 3 atom stereocenters. The molecule has 2 bridgehead atoms. The summed E-state index contributed by atoms with van der Waals surface area (Å²) in [5.41, 5.74) is -1.64. The fourth-order valence-electron chi connectivity index (χ4n) is 4.26. The van der Waals surface area contributed by atoms with Crippen molar-refractivity contribution >= 4 is 12.0 Å². The van der Waals surface area contributed by atoms with Gasteiger partial charge in [-0.15, -0.1) is 0 Å². The van der Waals surface area contributed by atoms with Gasteiger partial charge in [0.1, 0.15) is 6.10 Å². The van der Waals surface area contributed by atoms with Gasteiger partial charge in [0.15, 0.2) is 0 Å². The molecule has 7 heteroatoms. The molecular formula is C15H22N2O5. The molecule has 2 aliphatic carbocycles. The molecule has 0 aromatic heterocycles. The zero-order valence-electron chi connectivity index (χ0n) is 12.5. The maximum Gasteiger partial charge on any atom is 0.407 e. The van der Waals surface area contributed by atoms with Crippen LogP contribution in [0.25, 0.3) is 0 Å². The minimum absolute atomic E-state index is 0.0814. The zero-order chi connectivity index (χ0) is 15.4. The summed E-state index contributed by atoms with van der Waals surface area (Å²) in [5.74, 6) is -0.0921. The molecule has 0 radical (unpaired) electrons. The maximum absolute atomic E-state index is 12.8. The number of ether oxygens (including phenoxy) is 2. The van der Waals surface area contributed by atoms with Crippen LogP contribution in [0, 0.1) is 5.41 Å². The quantitative estimate of drug-likeness (QED) is 0.685. The third-order valence-electron chi connectivity index (χ3n) is 5.80. The first kappa shape index (κ1) is 14.3. The smallest absolute Gasteiger partial charge is 0.407 e. The lowest BCUT2D eigenvalue weighted by atomic mass is 9.77. The SMILES string of the molecule is O=C1N[C@@H]2C[C@@H](NC(=O)C3(C4(O)CCOCC4)CC3)[C@@H](C2)O1. The number of carbonyl (C=O) groups excluding carboxylic acids is 2. The minimum atomic E-state index is -0.960. The second-order valence-electron chi connectivity index (χ2n) is 7.06. The largest absolute Gasteiger partial charge is 0.444 e. The Bertz CT molecular complexity index is 498. The van der Waals surface area contributed by atoms with Gasteiger partial charge in [-0.25, -0.2) is 4.79 Å². The third kappa shape index (κ3) is 2.10. The minimum Gasteiger partial charge on any atom is -0.444 e. The maximum atomic E-state index is 12.8. The van der Waals surface area contributed by atoms with E-state index in [-0.39, 0.29) is 24.1 Å². The van der Waals surface area contributed by atoms with Gasteiger partial charge in [0.2, 0.25) is 5.91 Å². The average molecular weight is 310 g/mol. The Kier molecular flexibility index (Phi) is 3.13. The highest BCUT2D eigenvalue weighted by Crippen LogP contribution is 2.57. The van der Waals surface area contributed by atoms with Crippen molar-refractivity contribution in [3.8, 4) is 0 Å². The fourth-order valence-corrected chi connectivity index (χ4v) is 4.26. The standard InChI is InChI=1S/C15H22N2O5/c18-12(14(1-2-14)15(20)3-5-21-6-4-15)17-10-7-9-8-11(10)22-13(19)16-9/h9-11,20H,1-8H2,(H,16,19)(H,17,18)/t9-,10-,11-/m1/s1. The van der Waals surface area contributed by atoms with E-state index in [0.717, 1.165) is 6.42 Å². The van der Waals surface area contributed by atoms with E-state index < -0.39 is 17.1 Å². The summed E-state index contributed by atoms with van der Waals surface area (Å²) in [6.45, 7) is 1.00. The summed E-state index contributed by atoms with van der Waals surface area (Å²) in [4.78, 5) is 24.1. The Labute approximate surface area is 128 Å². The van der Waals surface area contributed by atoms with Crippen LogP contribution in [0.4, 0.5) is 4.79 Å². The van der Waals surface area contributed by atoms with Crippen molar-refractivity contribution in [3.05, 3.63) is 0 Å². The topological polar surface area (TPSA) is 96.9 Å². The Balaban J connectivity index is 1.45. The van der Waals surface area contributed by atoms with E-state index in [1.165, 1.54) is 0 Å². The molecule has 4 rings (SSSR count). The van der Waals surface area contributed by atoms with Crippen LogP contribution in [-0.2, 0) is 14.3 Å². The summed E-state index contributed by atoms with van der Waals surface area (Å²) in [6.07, 6.45) is 3.23. The number of hydrogen-bond donors (Lipinski definition) is 3. The van der Waals surface area contributed by atoms with Gasteiger partial charge < -0.3 is 25.2 Å². The number of amides is 2. The van der Waals surface area contributed by atoms with Crippen molar-refractivity contribution in [1.29, 1.82) is 0 Å². The van der Waals surface area contributed by atoms with Crippen LogP contribution >= 0.6 is 0 Å².